The standard InChI is InChI=1S/C21H24N6O/c1-16-13-24-21(26-20(16)23-15-17-3-2-8-22-14-17)25-18-4-6-19(7-5-18)27-9-11-28-12-10-27/h2-8,13-14H,9-12,15H2,1H3,(H2,23,24,25,26). The number of aryl methyl sites for hydroxylation is 1. The zero-order chi connectivity index (χ0) is 19.2. The molecule has 2 N–H and O–H groups in total. The molecule has 0 atom stereocenters. The maximum absolute atomic E-state index is 5.41. The van der Waals surface area contributed by atoms with Gasteiger partial charge in [0.2, 0.25) is 5.95 Å². The molecule has 0 unspecified atom stereocenters. The Balaban J connectivity index is 1.41. The topological polar surface area (TPSA) is 75.2 Å². The van der Waals surface area contributed by atoms with Gasteiger partial charge in [-0.15, -0.1) is 0 Å². The largest absolute Gasteiger partial charge is 0.378 e. The molecule has 0 aliphatic carbocycles. The number of hydrogen-bond donors (Lipinski definition) is 2. The molecule has 1 aromatic carbocycles. The maximum Gasteiger partial charge on any atom is 0.229 e. The summed E-state index contributed by atoms with van der Waals surface area (Å²) in [4.78, 5) is 15.5. The molecule has 0 saturated carbocycles. The van der Waals surface area contributed by atoms with Crippen LogP contribution in [0.5, 0.6) is 0 Å². The number of aromatic nitrogens is 3. The molecule has 2 aromatic heterocycles. The summed E-state index contributed by atoms with van der Waals surface area (Å²) in [5, 5.41) is 6.64. The lowest BCUT2D eigenvalue weighted by molar-refractivity contribution is 0.122. The summed E-state index contributed by atoms with van der Waals surface area (Å²) < 4.78 is 5.41. The highest BCUT2D eigenvalue weighted by atomic mass is 16.5. The number of nitrogens with zero attached hydrogens (tertiary/aromatic N) is 4. The fraction of sp³-hybridized carbons (Fsp3) is 0.286. The molecule has 28 heavy (non-hydrogen) atoms. The molecule has 144 valence electrons. The van der Waals surface area contributed by atoms with Crippen molar-refractivity contribution in [3.05, 3.63) is 66.1 Å². The van der Waals surface area contributed by atoms with Crippen LogP contribution in [0.15, 0.2) is 55.0 Å². The van der Waals surface area contributed by atoms with E-state index in [2.05, 4.69) is 54.8 Å². The predicted molar refractivity (Wildman–Crippen MR) is 111 cm³/mol. The van der Waals surface area contributed by atoms with Crippen molar-refractivity contribution in [1.29, 1.82) is 0 Å². The average Bonchev–Trinajstić information content (AvgIpc) is 2.76. The number of rotatable bonds is 6. The van der Waals surface area contributed by atoms with Crippen molar-refractivity contribution in [3.8, 4) is 0 Å². The Morgan fingerprint density at radius 2 is 1.89 bits per heavy atom. The predicted octanol–water partition coefficient (Wildman–Crippen LogP) is 3.37. The third-order valence-corrected chi connectivity index (χ3v) is 4.65. The SMILES string of the molecule is Cc1cnc(Nc2ccc(N3CCOCC3)cc2)nc1NCc1cccnc1. The second-order valence-corrected chi connectivity index (χ2v) is 6.71. The molecule has 1 saturated heterocycles. The second-order valence-electron chi connectivity index (χ2n) is 6.71. The minimum atomic E-state index is 0.568. The fourth-order valence-corrected chi connectivity index (χ4v) is 3.08. The molecular formula is C21H24N6O. The van der Waals surface area contributed by atoms with Gasteiger partial charge in [0.25, 0.3) is 0 Å². The first-order chi connectivity index (χ1) is 13.8. The molecule has 0 amide bonds. The molecule has 3 heterocycles. The van der Waals surface area contributed by atoms with Crippen molar-refractivity contribution in [2.24, 2.45) is 0 Å². The van der Waals surface area contributed by atoms with Crippen molar-refractivity contribution in [3.63, 3.8) is 0 Å². The van der Waals surface area contributed by atoms with Crippen LogP contribution in [-0.2, 0) is 11.3 Å². The van der Waals surface area contributed by atoms with Crippen LogP contribution < -0.4 is 15.5 Å². The van der Waals surface area contributed by atoms with E-state index in [1.807, 2.05) is 31.5 Å². The van der Waals surface area contributed by atoms with E-state index in [1.54, 1.807) is 6.20 Å². The van der Waals surface area contributed by atoms with Gasteiger partial charge in [-0.3, -0.25) is 4.98 Å². The fourth-order valence-electron chi connectivity index (χ4n) is 3.08. The number of ether oxygens (including phenoxy) is 1. The Morgan fingerprint density at radius 3 is 2.64 bits per heavy atom. The number of hydrogen-bond acceptors (Lipinski definition) is 7. The van der Waals surface area contributed by atoms with E-state index >= 15 is 0 Å². The Labute approximate surface area is 164 Å². The Bertz CT molecular complexity index is 895. The van der Waals surface area contributed by atoms with Gasteiger partial charge in [0, 0.05) is 55.2 Å². The first kappa shape index (κ1) is 18.2. The molecule has 1 aliphatic heterocycles. The summed E-state index contributed by atoms with van der Waals surface area (Å²) in [7, 11) is 0. The van der Waals surface area contributed by atoms with Gasteiger partial charge in [-0.25, -0.2) is 4.98 Å². The van der Waals surface area contributed by atoms with Crippen molar-refractivity contribution in [1.82, 2.24) is 15.0 Å². The lowest BCUT2D eigenvalue weighted by atomic mass is 10.2. The lowest BCUT2D eigenvalue weighted by Gasteiger charge is -2.28. The van der Waals surface area contributed by atoms with Crippen molar-refractivity contribution in [2.45, 2.75) is 13.5 Å². The zero-order valence-electron chi connectivity index (χ0n) is 15.9. The number of anilines is 4. The van der Waals surface area contributed by atoms with Crippen molar-refractivity contribution < 1.29 is 4.74 Å². The van der Waals surface area contributed by atoms with Gasteiger partial charge in [-0.05, 0) is 42.8 Å². The highest BCUT2D eigenvalue weighted by molar-refractivity contribution is 5.60. The van der Waals surface area contributed by atoms with Crippen LogP contribution in [-0.4, -0.2) is 41.3 Å². The van der Waals surface area contributed by atoms with Crippen LogP contribution in [0.1, 0.15) is 11.1 Å². The van der Waals surface area contributed by atoms with Gasteiger partial charge in [-0.2, -0.15) is 4.98 Å². The van der Waals surface area contributed by atoms with E-state index in [1.165, 1.54) is 5.69 Å². The molecule has 3 aromatic rings. The van der Waals surface area contributed by atoms with Gasteiger partial charge < -0.3 is 20.3 Å². The monoisotopic (exact) mass is 376 g/mol. The average molecular weight is 376 g/mol. The van der Waals surface area contributed by atoms with E-state index in [-0.39, 0.29) is 0 Å². The van der Waals surface area contributed by atoms with Gasteiger partial charge in [0.1, 0.15) is 5.82 Å². The minimum Gasteiger partial charge on any atom is -0.378 e. The Hall–Kier alpha value is -3.19. The number of pyridine rings is 1. The highest BCUT2D eigenvalue weighted by Gasteiger charge is 2.11. The first-order valence-electron chi connectivity index (χ1n) is 9.44. The summed E-state index contributed by atoms with van der Waals surface area (Å²) in [5.41, 5.74) is 4.27. The van der Waals surface area contributed by atoms with E-state index in [4.69, 9.17) is 4.74 Å². The van der Waals surface area contributed by atoms with Gasteiger partial charge in [-0.1, -0.05) is 6.07 Å². The van der Waals surface area contributed by atoms with Crippen LogP contribution in [0.25, 0.3) is 0 Å². The smallest absolute Gasteiger partial charge is 0.229 e. The third kappa shape index (κ3) is 4.55. The molecule has 0 bridgehead atoms. The zero-order valence-corrected chi connectivity index (χ0v) is 15.9. The quantitative estimate of drug-likeness (QED) is 0.683. The Morgan fingerprint density at radius 1 is 1.07 bits per heavy atom. The maximum atomic E-state index is 5.41. The van der Waals surface area contributed by atoms with Crippen LogP contribution in [0.4, 0.5) is 23.1 Å². The van der Waals surface area contributed by atoms with Crippen molar-refractivity contribution >= 4 is 23.1 Å². The third-order valence-electron chi connectivity index (χ3n) is 4.65. The molecule has 4 rings (SSSR count). The minimum absolute atomic E-state index is 0.568. The van der Waals surface area contributed by atoms with Crippen molar-refractivity contribution in [2.75, 3.05) is 41.8 Å². The van der Waals surface area contributed by atoms with E-state index < -0.39 is 0 Å². The first-order valence-corrected chi connectivity index (χ1v) is 9.44. The molecule has 0 spiro atoms. The van der Waals surface area contributed by atoms with Crippen LogP contribution in [0, 0.1) is 6.92 Å². The van der Waals surface area contributed by atoms with Crippen LogP contribution in [0.3, 0.4) is 0 Å². The molecule has 7 heteroatoms. The normalized spacial score (nSPS) is 14.0. The lowest BCUT2D eigenvalue weighted by Crippen LogP contribution is -2.36. The molecule has 7 nitrogen and oxygen atoms in total. The van der Waals surface area contributed by atoms with Gasteiger partial charge in [0.05, 0.1) is 13.2 Å². The number of benzene rings is 1. The van der Waals surface area contributed by atoms with Crippen LogP contribution >= 0.6 is 0 Å². The van der Waals surface area contributed by atoms with Crippen LogP contribution in [0.2, 0.25) is 0 Å². The summed E-state index contributed by atoms with van der Waals surface area (Å²) in [6, 6.07) is 12.3. The van der Waals surface area contributed by atoms with E-state index in [9.17, 15) is 0 Å². The van der Waals surface area contributed by atoms with Gasteiger partial charge >= 0.3 is 0 Å². The Kier molecular flexibility index (Phi) is 5.63. The number of nitrogens with one attached hydrogen (secondary N) is 2. The molecule has 1 aliphatic rings. The molecule has 1 fully saturated rings. The van der Waals surface area contributed by atoms with E-state index in [0.717, 1.165) is 48.9 Å². The van der Waals surface area contributed by atoms with E-state index in [0.29, 0.717) is 12.5 Å². The summed E-state index contributed by atoms with van der Waals surface area (Å²) in [6.45, 7) is 6.09. The summed E-state index contributed by atoms with van der Waals surface area (Å²) in [6.07, 6.45) is 5.44. The summed E-state index contributed by atoms with van der Waals surface area (Å²) >= 11 is 0. The second kappa shape index (κ2) is 8.67. The number of morpholine rings is 1. The summed E-state index contributed by atoms with van der Waals surface area (Å²) in [5.74, 6) is 1.38. The molecule has 0 radical (unpaired) electrons. The van der Waals surface area contributed by atoms with Gasteiger partial charge in [0.15, 0.2) is 0 Å². The highest BCUT2D eigenvalue weighted by Crippen LogP contribution is 2.22. The molecular weight excluding hydrogens is 352 g/mol.